The highest BCUT2D eigenvalue weighted by molar-refractivity contribution is 7.09. The topological polar surface area (TPSA) is 74.6 Å². The van der Waals surface area contributed by atoms with Crippen molar-refractivity contribution in [3.8, 4) is 0 Å². The fourth-order valence-corrected chi connectivity index (χ4v) is 3.58. The lowest BCUT2D eigenvalue weighted by molar-refractivity contribution is 0.0358. The minimum atomic E-state index is -0.493. The number of aromatic nitrogens is 1. The van der Waals surface area contributed by atoms with Crippen molar-refractivity contribution in [1.29, 1.82) is 0 Å². The van der Waals surface area contributed by atoms with Crippen LogP contribution in [0.3, 0.4) is 0 Å². The van der Waals surface area contributed by atoms with Gasteiger partial charge in [-0.25, -0.2) is 4.98 Å². The van der Waals surface area contributed by atoms with Crippen LogP contribution in [0.1, 0.15) is 29.8 Å². The van der Waals surface area contributed by atoms with Gasteiger partial charge in [0.05, 0.1) is 30.5 Å². The molecule has 1 aliphatic rings. The molecule has 120 valence electrons. The van der Waals surface area contributed by atoms with Crippen LogP contribution in [0.25, 0.3) is 0 Å². The van der Waals surface area contributed by atoms with Crippen LogP contribution in [0.4, 0.5) is 0 Å². The number of hydrogen-bond acceptors (Lipinski definition) is 6. The molecule has 1 saturated carbocycles. The zero-order valence-corrected chi connectivity index (χ0v) is 13.4. The van der Waals surface area contributed by atoms with Gasteiger partial charge in [-0.3, -0.25) is 0 Å². The van der Waals surface area contributed by atoms with E-state index >= 15 is 0 Å². The van der Waals surface area contributed by atoms with E-state index in [4.69, 9.17) is 4.74 Å². The van der Waals surface area contributed by atoms with E-state index in [2.05, 4.69) is 10.3 Å². The molecule has 2 rings (SSSR count). The van der Waals surface area contributed by atoms with Gasteiger partial charge in [0.2, 0.25) is 0 Å². The Balaban J connectivity index is 1.55. The molecule has 1 fully saturated rings. The largest absolute Gasteiger partial charge is 0.396 e. The summed E-state index contributed by atoms with van der Waals surface area (Å²) in [5.74, 6) is 0.340. The summed E-state index contributed by atoms with van der Waals surface area (Å²) in [5, 5.41) is 22.5. The maximum Gasteiger partial charge on any atom is 0.0897 e. The van der Waals surface area contributed by atoms with Crippen molar-refractivity contribution in [2.45, 2.75) is 44.8 Å². The molecule has 5 nitrogen and oxygen atoms in total. The lowest BCUT2D eigenvalue weighted by Gasteiger charge is -2.21. The van der Waals surface area contributed by atoms with Gasteiger partial charge in [0.25, 0.3) is 0 Å². The van der Waals surface area contributed by atoms with Gasteiger partial charge in [-0.05, 0) is 25.7 Å². The van der Waals surface area contributed by atoms with E-state index in [1.165, 1.54) is 4.88 Å². The Morgan fingerprint density at radius 1 is 1.52 bits per heavy atom. The number of nitrogens with one attached hydrogen (secondary N) is 1. The molecule has 0 bridgehead atoms. The fourth-order valence-electron chi connectivity index (χ4n) is 2.82. The molecule has 0 aromatic carbocycles. The number of hydrogen-bond donors (Lipinski definition) is 3. The predicted octanol–water partition coefficient (Wildman–Crippen LogP) is 1.12. The van der Waals surface area contributed by atoms with Gasteiger partial charge in [0.15, 0.2) is 0 Å². The summed E-state index contributed by atoms with van der Waals surface area (Å²) >= 11 is 1.65. The van der Waals surface area contributed by atoms with Crippen molar-refractivity contribution < 1.29 is 14.9 Å². The van der Waals surface area contributed by atoms with Gasteiger partial charge in [-0.15, -0.1) is 11.3 Å². The van der Waals surface area contributed by atoms with Gasteiger partial charge >= 0.3 is 0 Å². The van der Waals surface area contributed by atoms with E-state index in [1.807, 2.05) is 12.4 Å². The van der Waals surface area contributed by atoms with Crippen molar-refractivity contribution in [3.63, 3.8) is 0 Å². The molecular formula is C15H26N2O3S. The number of ether oxygens (including phenoxy) is 1. The molecule has 3 atom stereocenters. The maximum absolute atomic E-state index is 9.92. The highest BCUT2D eigenvalue weighted by atomic mass is 32.1. The molecule has 1 heterocycles. The Labute approximate surface area is 130 Å². The Kier molecular flexibility index (Phi) is 7.06. The third kappa shape index (κ3) is 5.30. The van der Waals surface area contributed by atoms with Gasteiger partial charge < -0.3 is 20.3 Å². The van der Waals surface area contributed by atoms with Crippen LogP contribution in [0.15, 0.2) is 5.51 Å². The van der Waals surface area contributed by atoms with Crippen LogP contribution in [0, 0.1) is 12.8 Å². The SMILES string of the molecule is Cc1ncsc1CCOCC(O)CNC1CCCC1CO. The molecule has 21 heavy (non-hydrogen) atoms. The number of rotatable bonds is 9. The summed E-state index contributed by atoms with van der Waals surface area (Å²) in [5.41, 5.74) is 2.92. The zero-order chi connectivity index (χ0) is 15.1. The number of aryl methyl sites for hydroxylation is 1. The molecular weight excluding hydrogens is 288 g/mol. The molecule has 1 aromatic rings. The van der Waals surface area contributed by atoms with Crippen molar-refractivity contribution >= 4 is 11.3 Å². The van der Waals surface area contributed by atoms with E-state index in [9.17, 15) is 10.2 Å². The Hall–Kier alpha value is -0.530. The molecule has 0 amide bonds. The van der Waals surface area contributed by atoms with E-state index in [-0.39, 0.29) is 6.61 Å². The normalized spacial score (nSPS) is 23.6. The molecule has 0 radical (unpaired) electrons. The summed E-state index contributed by atoms with van der Waals surface area (Å²) < 4.78 is 5.53. The second-order valence-corrected chi connectivity index (χ2v) is 6.67. The average molecular weight is 314 g/mol. The summed E-state index contributed by atoms with van der Waals surface area (Å²) in [4.78, 5) is 5.45. The van der Waals surface area contributed by atoms with Crippen molar-refractivity contribution in [2.24, 2.45) is 5.92 Å². The molecule has 1 aliphatic carbocycles. The molecule has 0 aliphatic heterocycles. The summed E-state index contributed by atoms with van der Waals surface area (Å²) in [7, 11) is 0. The number of nitrogens with zero attached hydrogens (tertiary/aromatic N) is 1. The van der Waals surface area contributed by atoms with E-state index in [0.29, 0.717) is 31.7 Å². The van der Waals surface area contributed by atoms with Crippen LogP contribution < -0.4 is 5.32 Å². The zero-order valence-electron chi connectivity index (χ0n) is 12.6. The summed E-state index contributed by atoms with van der Waals surface area (Å²) in [6, 6.07) is 0.337. The van der Waals surface area contributed by atoms with Gasteiger partial charge in [0.1, 0.15) is 0 Å². The monoisotopic (exact) mass is 314 g/mol. The first-order valence-electron chi connectivity index (χ1n) is 7.69. The van der Waals surface area contributed by atoms with Gasteiger partial charge in [0, 0.05) is 30.5 Å². The predicted molar refractivity (Wildman–Crippen MR) is 83.6 cm³/mol. The summed E-state index contributed by atoms with van der Waals surface area (Å²) in [6.07, 6.45) is 3.68. The Morgan fingerprint density at radius 2 is 2.38 bits per heavy atom. The molecule has 3 unspecified atom stereocenters. The quantitative estimate of drug-likeness (QED) is 0.596. The maximum atomic E-state index is 9.92. The standard InChI is InChI=1S/C15H26N2O3S/c1-11-15(21-10-17-11)5-6-20-9-13(19)7-16-14-4-2-3-12(14)8-18/h10,12-14,16,18-19H,2-9H2,1H3. The van der Waals surface area contributed by atoms with Crippen LogP contribution in [-0.4, -0.2) is 53.7 Å². The lowest BCUT2D eigenvalue weighted by Crippen LogP contribution is -2.40. The van der Waals surface area contributed by atoms with Crippen LogP contribution >= 0.6 is 11.3 Å². The van der Waals surface area contributed by atoms with Crippen molar-refractivity contribution in [2.75, 3.05) is 26.4 Å². The lowest BCUT2D eigenvalue weighted by atomic mass is 10.1. The molecule has 0 saturated heterocycles. The third-order valence-electron chi connectivity index (χ3n) is 4.14. The number of aliphatic hydroxyl groups is 2. The molecule has 1 aromatic heterocycles. The second-order valence-electron chi connectivity index (χ2n) is 5.73. The molecule has 6 heteroatoms. The van der Waals surface area contributed by atoms with Gasteiger partial charge in [-0.1, -0.05) is 6.42 Å². The Morgan fingerprint density at radius 3 is 3.10 bits per heavy atom. The minimum Gasteiger partial charge on any atom is -0.396 e. The fraction of sp³-hybridized carbons (Fsp3) is 0.800. The highest BCUT2D eigenvalue weighted by Crippen LogP contribution is 2.24. The smallest absolute Gasteiger partial charge is 0.0897 e. The van der Waals surface area contributed by atoms with E-state index in [0.717, 1.165) is 31.4 Å². The van der Waals surface area contributed by atoms with Gasteiger partial charge in [-0.2, -0.15) is 0 Å². The van der Waals surface area contributed by atoms with Crippen molar-refractivity contribution in [3.05, 3.63) is 16.1 Å². The molecule has 0 spiro atoms. The first-order chi connectivity index (χ1) is 10.2. The second kappa shape index (κ2) is 8.80. The van der Waals surface area contributed by atoms with Crippen LogP contribution in [-0.2, 0) is 11.2 Å². The first-order valence-corrected chi connectivity index (χ1v) is 8.57. The Bertz CT molecular complexity index is 413. The highest BCUT2D eigenvalue weighted by Gasteiger charge is 2.26. The summed E-state index contributed by atoms with van der Waals surface area (Å²) in [6.45, 7) is 3.73. The van der Waals surface area contributed by atoms with Crippen LogP contribution in [0.2, 0.25) is 0 Å². The number of thiazole rings is 1. The first kappa shape index (κ1) is 16.8. The third-order valence-corrected chi connectivity index (χ3v) is 5.13. The number of aliphatic hydroxyl groups excluding tert-OH is 2. The average Bonchev–Trinajstić information content (AvgIpc) is 3.10. The van der Waals surface area contributed by atoms with E-state index < -0.39 is 6.10 Å². The van der Waals surface area contributed by atoms with Crippen LogP contribution in [0.5, 0.6) is 0 Å². The van der Waals surface area contributed by atoms with Crippen molar-refractivity contribution in [1.82, 2.24) is 10.3 Å². The minimum absolute atomic E-state index is 0.235. The molecule has 3 N–H and O–H groups in total. The van der Waals surface area contributed by atoms with E-state index in [1.54, 1.807) is 11.3 Å².